The number of aliphatic hydroxyl groups is 1. The molecule has 7 heteroatoms. The van der Waals surface area contributed by atoms with Crippen molar-refractivity contribution < 1.29 is 18.3 Å². The van der Waals surface area contributed by atoms with Gasteiger partial charge in [0.25, 0.3) is 0 Å². The average Bonchev–Trinajstić information content (AvgIpc) is 2.65. The predicted molar refractivity (Wildman–Crippen MR) is 102 cm³/mol. The molecule has 3 rings (SSSR count). The number of carbonyl (C=O) groups excluding carboxylic acids is 1. The first-order valence-corrected chi connectivity index (χ1v) is 10.6. The molecule has 0 saturated carbocycles. The third-order valence-electron chi connectivity index (χ3n) is 5.15. The van der Waals surface area contributed by atoms with Gasteiger partial charge in [-0.3, -0.25) is 4.79 Å². The van der Waals surface area contributed by atoms with E-state index in [-0.39, 0.29) is 19.4 Å². The largest absolute Gasteiger partial charge is 0.387 e. The van der Waals surface area contributed by atoms with Crippen LogP contribution in [0.2, 0.25) is 0 Å². The van der Waals surface area contributed by atoms with Gasteiger partial charge in [-0.05, 0) is 48.3 Å². The summed E-state index contributed by atoms with van der Waals surface area (Å²) in [7, 11) is -3.56. The van der Waals surface area contributed by atoms with E-state index < -0.39 is 26.6 Å². The second-order valence-electron chi connectivity index (χ2n) is 6.85. The van der Waals surface area contributed by atoms with Crippen LogP contribution in [-0.4, -0.2) is 50.1 Å². The summed E-state index contributed by atoms with van der Waals surface area (Å²) in [4.78, 5) is 12.7. The van der Waals surface area contributed by atoms with Crippen molar-refractivity contribution in [1.82, 2.24) is 10.6 Å². The number of sulfone groups is 1. The molecule has 140 valence electrons. The molecule has 26 heavy (non-hydrogen) atoms. The van der Waals surface area contributed by atoms with Crippen LogP contribution in [0.3, 0.4) is 0 Å². The highest BCUT2D eigenvalue weighted by molar-refractivity contribution is 7.92. The zero-order chi connectivity index (χ0) is 18.8. The fourth-order valence-corrected chi connectivity index (χ4v) is 4.83. The molecule has 1 saturated heterocycles. The van der Waals surface area contributed by atoms with Gasteiger partial charge in [0, 0.05) is 12.8 Å². The first kappa shape index (κ1) is 18.8. The van der Waals surface area contributed by atoms with E-state index in [4.69, 9.17) is 0 Å². The zero-order valence-electron chi connectivity index (χ0n) is 14.7. The minimum Gasteiger partial charge on any atom is -0.387 e. The Morgan fingerprint density at radius 1 is 1.19 bits per heavy atom. The van der Waals surface area contributed by atoms with Gasteiger partial charge in [-0.1, -0.05) is 36.4 Å². The molecule has 6 nitrogen and oxygen atoms in total. The summed E-state index contributed by atoms with van der Waals surface area (Å²) in [6, 6.07) is 13.4. The van der Waals surface area contributed by atoms with E-state index in [9.17, 15) is 18.3 Å². The number of carbonyl (C=O) groups is 1. The Hall–Kier alpha value is -1.96. The topological polar surface area (TPSA) is 95.5 Å². The second kappa shape index (κ2) is 7.34. The van der Waals surface area contributed by atoms with Gasteiger partial charge in [0.1, 0.15) is 0 Å². The summed E-state index contributed by atoms with van der Waals surface area (Å²) in [5.74, 6) is -0.527. The SMILES string of the molecule is CS(=O)(=O)C1(C(=O)NCC(O)c2ccc3ccccc3c2)CCNCC1. The fourth-order valence-electron chi connectivity index (χ4n) is 3.48. The molecule has 3 N–H and O–H groups in total. The van der Waals surface area contributed by atoms with Gasteiger partial charge in [-0.25, -0.2) is 8.42 Å². The van der Waals surface area contributed by atoms with Crippen LogP contribution in [0.1, 0.15) is 24.5 Å². The number of amides is 1. The Balaban J connectivity index is 1.73. The summed E-state index contributed by atoms with van der Waals surface area (Å²) < 4.78 is 23.1. The Kier molecular flexibility index (Phi) is 5.32. The summed E-state index contributed by atoms with van der Waals surface area (Å²) in [6.07, 6.45) is 0.687. The van der Waals surface area contributed by atoms with Crippen molar-refractivity contribution in [3.05, 3.63) is 48.0 Å². The van der Waals surface area contributed by atoms with Crippen molar-refractivity contribution >= 4 is 26.5 Å². The Morgan fingerprint density at radius 3 is 2.50 bits per heavy atom. The molecular weight excluding hydrogens is 352 g/mol. The standard InChI is InChI=1S/C19H24N2O4S/c1-26(24,25)19(8-10-20-11-9-19)18(23)21-13-17(22)16-7-6-14-4-2-3-5-15(14)12-16/h2-7,12,17,20,22H,8-11,13H2,1H3,(H,21,23). The van der Waals surface area contributed by atoms with Gasteiger partial charge in [0.15, 0.2) is 14.6 Å². The third-order valence-corrected chi connectivity index (χ3v) is 7.16. The van der Waals surface area contributed by atoms with Crippen molar-refractivity contribution in [3.8, 4) is 0 Å². The number of aliphatic hydroxyl groups excluding tert-OH is 1. The summed E-state index contributed by atoms with van der Waals surface area (Å²) in [5, 5.41) is 18.2. The van der Waals surface area contributed by atoms with Crippen LogP contribution in [0, 0.1) is 0 Å². The lowest BCUT2D eigenvalue weighted by molar-refractivity contribution is -0.124. The molecule has 2 aromatic carbocycles. The summed E-state index contributed by atoms with van der Waals surface area (Å²) in [6.45, 7) is 0.934. The monoisotopic (exact) mass is 376 g/mol. The molecule has 1 fully saturated rings. The quantitative estimate of drug-likeness (QED) is 0.728. The first-order valence-electron chi connectivity index (χ1n) is 8.69. The molecule has 1 heterocycles. The van der Waals surface area contributed by atoms with E-state index >= 15 is 0 Å². The van der Waals surface area contributed by atoms with Gasteiger partial charge in [-0.2, -0.15) is 0 Å². The molecule has 0 aromatic heterocycles. The number of rotatable bonds is 5. The highest BCUT2D eigenvalue weighted by Crippen LogP contribution is 2.28. The van der Waals surface area contributed by atoms with Crippen LogP contribution in [0.5, 0.6) is 0 Å². The third kappa shape index (κ3) is 3.60. The molecule has 1 aliphatic heterocycles. The number of piperidine rings is 1. The van der Waals surface area contributed by atoms with E-state index in [0.29, 0.717) is 18.7 Å². The Labute approximate surface area is 153 Å². The van der Waals surface area contributed by atoms with Crippen molar-refractivity contribution in [2.75, 3.05) is 25.9 Å². The predicted octanol–water partition coefficient (Wildman–Crippen LogP) is 1.16. The van der Waals surface area contributed by atoms with Crippen molar-refractivity contribution in [3.63, 3.8) is 0 Å². The highest BCUT2D eigenvalue weighted by Gasteiger charge is 2.48. The Morgan fingerprint density at radius 2 is 1.85 bits per heavy atom. The molecule has 1 atom stereocenters. The van der Waals surface area contributed by atoms with E-state index in [0.717, 1.165) is 17.0 Å². The Bertz CT molecular complexity index is 905. The fraction of sp³-hybridized carbons (Fsp3) is 0.421. The molecule has 1 aliphatic rings. The van der Waals surface area contributed by atoms with Crippen LogP contribution in [-0.2, 0) is 14.6 Å². The summed E-state index contributed by atoms with van der Waals surface area (Å²) in [5.41, 5.74) is 0.683. The minimum atomic E-state index is -3.56. The molecule has 2 aromatic rings. The normalized spacial score (nSPS) is 18.4. The number of benzene rings is 2. The van der Waals surface area contributed by atoms with E-state index in [1.54, 1.807) is 0 Å². The van der Waals surface area contributed by atoms with E-state index in [1.807, 2.05) is 42.5 Å². The number of hydrogen-bond donors (Lipinski definition) is 3. The molecule has 0 bridgehead atoms. The average molecular weight is 376 g/mol. The maximum Gasteiger partial charge on any atom is 0.241 e. The van der Waals surface area contributed by atoms with Gasteiger partial charge in [-0.15, -0.1) is 0 Å². The van der Waals surface area contributed by atoms with Crippen LogP contribution >= 0.6 is 0 Å². The maximum atomic E-state index is 12.7. The second-order valence-corrected chi connectivity index (χ2v) is 9.17. The van der Waals surface area contributed by atoms with Crippen LogP contribution < -0.4 is 10.6 Å². The molecule has 0 spiro atoms. The smallest absolute Gasteiger partial charge is 0.241 e. The number of nitrogens with one attached hydrogen (secondary N) is 2. The number of fused-ring (bicyclic) bond motifs is 1. The van der Waals surface area contributed by atoms with Gasteiger partial charge in [0.05, 0.1) is 6.10 Å². The lowest BCUT2D eigenvalue weighted by Gasteiger charge is -2.34. The van der Waals surface area contributed by atoms with Crippen LogP contribution in [0.4, 0.5) is 0 Å². The van der Waals surface area contributed by atoms with Gasteiger partial charge >= 0.3 is 0 Å². The molecule has 1 unspecified atom stereocenters. The molecular formula is C19H24N2O4S. The first-order chi connectivity index (χ1) is 12.3. The number of hydrogen-bond acceptors (Lipinski definition) is 5. The lowest BCUT2D eigenvalue weighted by atomic mass is 9.95. The van der Waals surface area contributed by atoms with E-state index in [1.165, 1.54) is 0 Å². The van der Waals surface area contributed by atoms with Crippen molar-refractivity contribution in [2.24, 2.45) is 0 Å². The van der Waals surface area contributed by atoms with Crippen molar-refractivity contribution in [1.29, 1.82) is 0 Å². The van der Waals surface area contributed by atoms with Gasteiger partial charge < -0.3 is 15.7 Å². The molecule has 1 amide bonds. The molecule has 0 aliphatic carbocycles. The lowest BCUT2D eigenvalue weighted by Crippen LogP contribution is -2.57. The maximum absolute atomic E-state index is 12.7. The van der Waals surface area contributed by atoms with Gasteiger partial charge in [0.2, 0.25) is 5.91 Å². The highest BCUT2D eigenvalue weighted by atomic mass is 32.2. The van der Waals surface area contributed by atoms with Crippen LogP contribution in [0.25, 0.3) is 10.8 Å². The van der Waals surface area contributed by atoms with Crippen LogP contribution in [0.15, 0.2) is 42.5 Å². The summed E-state index contributed by atoms with van der Waals surface area (Å²) >= 11 is 0. The molecule has 0 radical (unpaired) electrons. The zero-order valence-corrected chi connectivity index (χ0v) is 15.6. The van der Waals surface area contributed by atoms with Crippen molar-refractivity contribution in [2.45, 2.75) is 23.7 Å². The minimum absolute atomic E-state index is 0.0259. The van der Waals surface area contributed by atoms with E-state index in [2.05, 4.69) is 10.6 Å².